The van der Waals surface area contributed by atoms with E-state index >= 15 is 0 Å². The van der Waals surface area contributed by atoms with Gasteiger partial charge in [-0.05, 0) is 6.42 Å². The van der Waals surface area contributed by atoms with Gasteiger partial charge in [0.25, 0.3) is 5.91 Å². The molecule has 1 aromatic rings. The van der Waals surface area contributed by atoms with Crippen LogP contribution in [0.4, 0.5) is 0 Å². The molecule has 6 nitrogen and oxygen atoms in total. The van der Waals surface area contributed by atoms with E-state index in [1.165, 1.54) is 6.20 Å². The second kappa shape index (κ2) is 4.61. The molecule has 14 heavy (non-hydrogen) atoms. The zero-order chi connectivity index (χ0) is 10.6. The second-order valence-corrected chi connectivity index (χ2v) is 2.92. The fourth-order valence-electron chi connectivity index (χ4n) is 0.994. The van der Waals surface area contributed by atoms with E-state index in [0.717, 1.165) is 0 Å². The number of H-pyrrole nitrogens is 2. The molecule has 6 heteroatoms. The minimum atomic E-state index is -0.424. The van der Waals surface area contributed by atoms with Gasteiger partial charge in [-0.2, -0.15) is 0 Å². The molecule has 0 aliphatic heterocycles. The standard InChI is InChI=1S/C8H13N3O3/c1-2-5(4-12)10-7(13)6-3-9-8(14)11-6/h3,5,12H,2,4H2,1H3,(H,10,13)(H2,9,11,14)/t5-/m1/s1. The summed E-state index contributed by atoms with van der Waals surface area (Å²) in [5, 5.41) is 11.4. The number of carbonyl (C=O) groups is 1. The number of amides is 1. The fraction of sp³-hybridized carbons (Fsp3) is 0.500. The van der Waals surface area contributed by atoms with Crippen LogP contribution in [-0.2, 0) is 0 Å². The SMILES string of the molecule is CC[C@H](CO)NC(=O)c1c[nH]c(=O)[nH]1. The third-order valence-corrected chi connectivity index (χ3v) is 1.89. The molecule has 0 saturated carbocycles. The summed E-state index contributed by atoms with van der Waals surface area (Å²) in [5.74, 6) is -0.399. The highest BCUT2D eigenvalue weighted by Gasteiger charge is 2.12. The average molecular weight is 199 g/mol. The summed E-state index contributed by atoms with van der Waals surface area (Å²) < 4.78 is 0. The van der Waals surface area contributed by atoms with Crippen LogP contribution in [0, 0.1) is 0 Å². The highest BCUT2D eigenvalue weighted by atomic mass is 16.3. The number of carbonyl (C=O) groups excluding carboxylic acids is 1. The van der Waals surface area contributed by atoms with Crippen LogP contribution in [0.3, 0.4) is 0 Å². The number of aromatic nitrogens is 2. The largest absolute Gasteiger partial charge is 0.394 e. The van der Waals surface area contributed by atoms with Crippen molar-refractivity contribution in [2.75, 3.05) is 6.61 Å². The van der Waals surface area contributed by atoms with E-state index in [1.54, 1.807) is 0 Å². The summed E-state index contributed by atoms with van der Waals surface area (Å²) in [6.07, 6.45) is 1.93. The summed E-state index contributed by atoms with van der Waals surface area (Å²) in [6.45, 7) is 1.73. The Morgan fingerprint density at radius 1 is 1.71 bits per heavy atom. The molecule has 0 radical (unpaired) electrons. The van der Waals surface area contributed by atoms with Crippen LogP contribution in [0.2, 0.25) is 0 Å². The van der Waals surface area contributed by atoms with Crippen molar-refractivity contribution in [1.29, 1.82) is 0 Å². The number of hydrogen-bond acceptors (Lipinski definition) is 3. The van der Waals surface area contributed by atoms with Gasteiger partial charge in [0.05, 0.1) is 12.6 Å². The Morgan fingerprint density at radius 2 is 2.43 bits per heavy atom. The van der Waals surface area contributed by atoms with E-state index in [-0.39, 0.29) is 18.3 Å². The molecular weight excluding hydrogens is 186 g/mol. The molecule has 0 spiro atoms. The maximum absolute atomic E-state index is 11.4. The molecule has 1 atom stereocenters. The quantitative estimate of drug-likeness (QED) is 0.511. The zero-order valence-electron chi connectivity index (χ0n) is 7.83. The molecule has 1 amide bonds. The van der Waals surface area contributed by atoms with Crippen LogP contribution in [0.1, 0.15) is 23.8 Å². The van der Waals surface area contributed by atoms with Crippen LogP contribution in [0.15, 0.2) is 11.0 Å². The molecule has 0 unspecified atom stereocenters. The van der Waals surface area contributed by atoms with Gasteiger partial charge < -0.3 is 20.4 Å². The van der Waals surface area contributed by atoms with E-state index in [9.17, 15) is 9.59 Å². The van der Waals surface area contributed by atoms with Crippen LogP contribution in [0.5, 0.6) is 0 Å². The summed E-state index contributed by atoms with van der Waals surface area (Å²) in [6, 6.07) is -0.277. The fourth-order valence-corrected chi connectivity index (χ4v) is 0.994. The lowest BCUT2D eigenvalue weighted by molar-refractivity contribution is 0.0910. The maximum atomic E-state index is 11.4. The third kappa shape index (κ3) is 2.46. The number of aliphatic hydroxyl groups is 1. The molecule has 1 aromatic heterocycles. The first-order chi connectivity index (χ1) is 6.67. The van der Waals surface area contributed by atoms with Gasteiger partial charge in [0, 0.05) is 6.20 Å². The first-order valence-corrected chi connectivity index (χ1v) is 4.36. The molecule has 4 N–H and O–H groups in total. The van der Waals surface area contributed by atoms with Gasteiger partial charge in [-0.25, -0.2) is 4.79 Å². The van der Waals surface area contributed by atoms with Gasteiger partial charge in [0.1, 0.15) is 5.69 Å². The van der Waals surface area contributed by atoms with Crippen molar-refractivity contribution in [2.45, 2.75) is 19.4 Å². The Kier molecular flexibility index (Phi) is 3.47. The van der Waals surface area contributed by atoms with Crippen molar-refractivity contribution < 1.29 is 9.90 Å². The smallest absolute Gasteiger partial charge is 0.323 e. The molecule has 78 valence electrons. The van der Waals surface area contributed by atoms with Crippen molar-refractivity contribution >= 4 is 5.91 Å². The first-order valence-electron chi connectivity index (χ1n) is 4.36. The van der Waals surface area contributed by atoms with Gasteiger partial charge in [-0.3, -0.25) is 4.79 Å². The Hall–Kier alpha value is -1.56. The Balaban J connectivity index is 2.62. The van der Waals surface area contributed by atoms with E-state index < -0.39 is 11.6 Å². The van der Waals surface area contributed by atoms with Gasteiger partial charge in [0.15, 0.2) is 0 Å². The molecule has 0 saturated heterocycles. The van der Waals surface area contributed by atoms with E-state index in [0.29, 0.717) is 6.42 Å². The second-order valence-electron chi connectivity index (χ2n) is 2.92. The molecule has 0 fully saturated rings. The van der Waals surface area contributed by atoms with Crippen molar-refractivity contribution in [2.24, 2.45) is 0 Å². The minimum Gasteiger partial charge on any atom is -0.394 e. The van der Waals surface area contributed by atoms with Crippen LogP contribution < -0.4 is 11.0 Å². The predicted molar refractivity (Wildman–Crippen MR) is 50.0 cm³/mol. The topological polar surface area (TPSA) is 98.0 Å². The maximum Gasteiger partial charge on any atom is 0.323 e. The van der Waals surface area contributed by atoms with Crippen LogP contribution in [-0.4, -0.2) is 33.6 Å². The lowest BCUT2D eigenvalue weighted by Crippen LogP contribution is -2.37. The average Bonchev–Trinajstić information content (AvgIpc) is 2.61. The van der Waals surface area contributed by atoms with E-state index in [2.05, 4.69) is 15.3 Å². The summed E-state index contributed by atoms with van der Waals surface area (Å²) in [5.41, 5.74) is -0.255. The summed E-state index contributed by atoms with van der Waals surface area (Å²) in [7, 11) is 0. The lowest BCUT2D eigenvalue weighted by atomic mass is 10.2. The van der Waals surface area contributed by atoms with Crippen molar-refractivity contribution in [3.05, 3.63) is 22.4 Å². The number of nitrogens with one attached hydrogen (secondary N) is 3. The van der Waals surface area contributed by atoms with Gasteiger partial charge in [0.2, 0.25) is 0 Å². The van der Waals surface area contributed by atoms with Gasteiger partial charge in [-0.15, -0.1) is 0 Å². The van der Waals surface area contributed by atoms with Crippen molar-refractivity contribution in [3.63, 3.8) is 0 Å². The van der Waals surface area contributed by atoms with Gasteiger partial charge >= 0.3 is 5.69 Å². The molecule has 0 aliphatic rings. The highest BCUT2D eigenvalue weighted by Crippen LogP contribution is 1.93. The summed E-state index contributed by atoms with van der Waals surface area (Å²) in [4.78, 5) is 26.7. The van der Waals surface area contributed by atoms with Gasteiger partial charge in [-0.1, -0.05) is 6.92 Å². The molecule has 0 aliphatic carbocycles. The Bertz CT molecular complexity index is 351. The zero-order valence-corrected chi connectivity index (χ0v) is 7.83. The first kappa shape index (κ1) is 10.5. The lowest BCUT2D eigenvalue weighted by Gasteiger charge is -2.12. The predicted octanol–water partition coefficient (Wildman–Crippen LogP) is -0.796. The molecule has 0 bridgehead atoms. The number of imidazole rings is 1. The third-order valence-electron chi connectivity index (χ3n) is 1.89. The molecular formula is C8H13N3O3. The minimum absolute atomic E-state index is 0.114. The normalized spacial score (nSPS) is 12.4. The molecule has 1 rings (SSSR count). The number of rotatable bonds is 4. The van der Waals surface area contributed by atoms with E-state index in [4.69, 9.17) is 5.11 Å². The molecule has 0 aromatic carbocycles. The number of aromatic amines is 2. The van der Waals surface area contributed by atoms with Crippen LogP contribution in [0.25, 0.3) is 0 Å². The Labute approximate surface area is 80.4 Å². The highest BCUT2D eigenvalue weighted by molar-refractivity contribution is 5.92. The number of hydrogen-bond donors (Lipinski definition) is 4. The number of aliphatic hydroxyl groups excluding tert-OH is 1. The summed E-state index contributed by atoms with van der Waals surface area (Å²) >= 11 is 0. The van der Waals surface area contributed by atoms with Crippen molar-refractivity contribution in [1.82, 2.24) is 15.3 Å². The Morgan fingerprint density at radius 3 is 2.86 bits per heavy atom. The van der Waals surface area contributed by atoms with E-state index in [1.807, 2.05) is 6.92 Å². The van der Waals surface area contributed by atoms with Crippen LogP contribution >= 0.6 is 0 Å². The van der Waals surface area contributed by atoms with Crippen molar-refractivity contribution in [3.8, 4) is 0 Å². The monoisotopic (exact) mass is 199 g/mol. The molecule has 1 heterocycles.